The number of hydrogen-bond donors (Lipinski definition) is 0. The van der Waals surface area contributed by atoms with Crippen molar-refractivity contribution in [3.05, 3.63) is 65.9 Å². The zero-order chi connectivity index (χ0) is 16.4. The molecule has 0 bridgehead atoms. The van der Waals surface area contributed by atoms with Crippen LogP contribution >= 0.6 is 0 Å². The lowest BCUT2D eigenvalue weighted by atomic mass is 10.0. The van der Waals surface area contributed by atoms with E-state index in [1.807, 2.05) is 36.7 Å². The molecule has 1 heterocycles. The lowest BCUT2D eigenvalue weighted by Crippen LogP contribution is -2.07. The Morgan fingerprint density at radius 2 is 1.57 bits per heavy atom. The van der Waals surface area contributed by atoms with Crippen molar-refractivity contribution in [2.75, 3.05) is 0 Å². The fraction of sp³-hybridized carbons (Fsp3) is 0.250. The zero-order valence-electron chi connectivity index (χ0n) is 14.1. The van der Waals surface area contributed by atoms with Crippen LogP contribution < -0.4 is 4.74 Å². The van der Waals surface area contributed by atoms with Crippen molar-refractivity contribution in [1.82, 2.24) is 9.78 Å². The fourth-order valence-corrected chi connectivity index (χ4v) is 2.66. The van der Waals surface area contributed by atoms with Gasteiger partial charge in [-0.05, 0) is 45.4 Å². The Morgan fingerprint density at radius 3 is 2.17 bits per heavy atom. The van der Waals surface area contributed by atoms with E-state index in [1.165, 1.54) is 5.56 Å². The summed E-state index contributed by atoms with van der Waals surface area (Å²) in [5, 5.41) is 4.71. The maximum Gasteiger partial charge on any atom is 0.241 e. The predicted octanol–water partition coefficient (Wildman–Crippen LogP) is 4.94. The Kier molecular flexibility index (Phi) is 4.20. The van der Waals surface area contributed by atoms with Crippen LogP contribution in [0.3, 0.4) is 0 Å². The van der Waals surface area contributed by atoms with E-state index in [1.54, 1.807) is 0 Å². The third kappa shape index (κ3) is 3.14. The highest BCUT2D eigenvalue weighted by molar-refractivity contribution is 5.72. The Hall–Kier alpha value is -2.55. The summed E-state index contributed by atoms with van der Waals surface area (Å²) in [6.45, 7) is 8.23. The molecule has 0 amide bonds. The highest BCUT2D eigenvalue weighted by Gasteiger charge is 2.19. The first-order valence-corrected chi connectivity index (χ1v) is 7.95. The smallest absolute Gasteiger partial charge is 0.241 e. The van der Waals surface area contributed by atoms with Gasteiger partial charge in [0.05, 0.1) is 23.0 Å². The summed E-state index contributed by atoms with van der Waals surface area (Å²) in [5.74, 6) is 0.685. The van der Waals surface area contributed by atoms with E-state index >= 15 is 0 Å². The van der Waals surface area contributed by atoms with Gasteiger partial charge in [0.15, 0.2) is 0 Å². The van der Waals surface area contributed by atoms with E-state index in [2.05, 4.69) is 50.2 Å². The molecule has 0 saturated carbocycles. The van der Waals surface area contributed by atoms with Crippen LogP contribution in [-0.2, 0) is 0 Å². The maximum absolute atomic E-state index is 5.98. The van der Waals surface area contributed by atoms with Gasteiger partial charge in [-0.1, -0.05) is 48.0 Å². The first-order valence-electron chi connectivity index (χ1n) is 7.95. The molecule has 23 heavy (non-hydrogen) atoms. The Labute approximate surface area is 137 Å². The van der Waals surface area contributed by atoms with Crippen LogP contribution in [0.4, 0.5) is 0 Å². The zero-order valence-corrected chi connectivity index (χ0v) is 14.1. The third-order valence-electron chi connectivity index (χ3n) is 3.77. The second-order valence-corrected chi connectivity index (χ2v) is 6.05. The molecule has 2 aromatic carbocycles. The van der Waals surface area contributed by atoms with Crippen molar-refractivity contribution in [2.45, 2.75) is 33.8 Å². The maximum atomic E-state index is 5.98. The second kappa shape index (κ2) is 6.29. The van der Waals surface area contributed by atoms with E-state index in [0.717, 1.165) is 22.5 Å². The summed E-state index contributed by atoms with van der Waals surface area (Å²) in [4.78, 5) is 0. The normalized spacial score (nSPS) is 11.0. The lowest BCUT2D eigenvalue weighted by molar-refractivity contribution is 0.232. The molecule has 0 aliphatic carbocycles. The standard InChI is InChI=1S/C20H22N2O/c1-14(2)23-20-19(17-12-10-15(3)11-13-17)16(4)22(21-20)18-8-6-5-7-9-18/h5-14H,1-4H3. The van der Waals surface area contributed by atoms with Crippen LogP contribution in [0.5, 0.6) is 5.88 Å². The topological polar surface area (TPSA) is 27.1 Å². The molecule has 0 aliphatic rings. The van der Waals surface area contributed by atoms with E-state index < -0.39 is 0 Å². The van der Waals surface area contributed by atoms with Crippen molar-refractivity contribution in [3.63, 3.8) is 0 Å². The van der Waals surface area contributed by atoms with Gasteiger partial charge in [0.25, 0.3) is 0 Å². The van der Waals surface area contributed by atoms with Gasteiger partial charge < -0.3 is 4.74 Å². The summed E-state index contributed by atoms with van der Waals surface area (Å²) < 4.78 is 7.93. The number of aryl methyl sites for hydroxylation is 1. The molecule has 0 fully saturated rings. The minimum atomic E-state index is 0.0812. The highest BCUT2D eigenvalue weighted by atomic mass is 16.5. The Balaban J connectivity index is 2.16. The van der Waals surface area contributed by atoms with Crippen molar-refractivity contribution >= 4 is 0 Å². The molecular weight excluding hydrogens is 284 g/mol. The fourth-order valence-electron chi connectivity index (χ4n) is 2.66. The van der Waals surface area contributed by atoms with Crippen LogP contribution in [0, 0.1) is 13.8 Å². The summed E-state index contributed by atoms with van der Waals surface area (Å²) >= 11 is 0. The van der Waals surface area contributed by atoms with Gasteiger partial charge in [0, 0.05) is 0 Å². The molecular formula is C20H22N2O. The number of para-hydroxylation sites is 1. The quantitative estimate of drug-likeness (QED) is 0.682. The lowest BCUT2D eigenvalue weighted by Gasteiger charge is -2.09. The molecule has 118 valence electrons. The molecule has 0 saturated heterocycles. The van der Waals surface area contributed by atoms with E-state index in [4.69, 9.17) is 9.84 Å². The first-order chi connectivity index (χ1) is 11.1. The molecule has 3 heteroatoms. The molecule has 0 aliphatic heterocycles. The summed E-state index contributed by atoms with van der Waals surface area (Å²) in [5.41, 5.74) is 5.55. The average molecular weight is 306 g/mol. The average Bonchev–Trinajstić information content (AvgIpc) is 2.85. The minimum Gasteiger partial charge on any atom is -0.473 e. The number of aromatic nitrogens is 2. The van der Waals surface area contributed by atoms with Gasteiger partial charge in [-0.15, -0.1) is 5.10 Å². The Bertz CT molecular complexity index is 787. The second-order valence-electron chi connectivity index (χ2n) is 6.05. The molecule has 1 aromatic heterocycles. The summed E-state index contributed by atoms with van der Waals surface area (Å²) in [6.07, 6.45) is 0.0812. The van der Waals surface area contributed by atoms with Gasteiger partial charge in [-0.3, -0.25) is 0 Å². The van der Waals surface area contributed by atoms with Gasteiger partial charge >= 0.3 is 0 Å². The minimum absolute atomic E-state index is 0.0812. The molecule has 3 nitrogen and oxygen atoms in total. The predicted molar refractivity (Wildman–Crippen MR) is 94.2 cm³/mol. The molecule has 0 unspecified atom stereocenters. The van der Waals surface area contributed by atoms with Crippen molar-refractivity contribution in [1.29, 1.82) is 0 Å². The summed E-state index contributed by atoms with van der Waals surface area (Å²) in [6, 6.07) is 18.6. The van der Waals surface area contributed by atoms with Crippen LogP contribution in [0.2, 0.25) is 0 Å². The van der Waals surface area contributed by atoms with Gasteiger partial charge in [-0.2, -0.15) is 0 Å². The van der Waals surface area contributed by atoms with Crippen LogP contribution in [0.25, 0.3) is 16.8 Å². The Morgan fingerprint density at radius 1 is 0.913 bits per heavy atom. The van der Waals surface area contributed by atoms with Gasteiger partial charge in [0.1, 0.15) is 0 Å². The number of nitrogens with zero attached hydrogens (tertiary/aromatic N) is 2. The summed E-state index contributed by atoms with van der Waals surface area (Å²) in [7, 11) is 0. The van der Waals surface area contributed by atoms with Crippen molar-refractivity contribution < 1.29 is 4.74 Å². The molecule has 0 spiro atoms. The van der Waals surface area contributed by atoms with Gasteiger partial charge in [-0.25, -0.2) is 4.68 Å². The molecule has 0 atom stereocenters. The first kappa shape index (κ1) is 15.3. The van der Waals surface area contributed by atoms with Crippen molar-refractivity contribution in [2.24, 2.45) is 0 Å². The molecule has 3 rings (SSSR count). The number of benzene rings is 2. The van der Waals surface area contributed by atoms with Gasteiger partial charge in [0.2, 0.25) is 5.88 Å². The largest absolute Gasteiger partial charge is 0.473 e. The van der Waals surface area contributed by atoms with E-state index in [9.17, 15) is 0 Å². The SMILES string of the molecule is Cc1ccc(-c2c(OC(C)C)nn(-c3ccccc3)c2C)cc1. The number of hydrogen-bond acceptors (Lipinski definition) is 2. The van der Waals surface area contributed by atoms with E-state index in [-0.39, 0.29) is 6.10 Å². The highest BCUT2D eigenvalue weighted by Crippen LogP contribution is 2.34. The monoisotopic (exact) mass is 306 g/mol. The molecule has 0 N–H and O–H groups in total. The molecule has 0 radical (unpaired) electrons. The van der Waals surface area contributed by atoms with Crippen LogP contribution in [-0.4, -0.2) is 15.9 Å². The number of rotatable bonds is 4. The van der Waals surface area contributed by atoms with Crippen LogP contribution in [0.1, 0.15) is 25.1 Å². The molecule has 3 aromatic rings. The van der Waals surface area contributed by atoms with Crippen molar-refractivity contribution in [3.8, 4) is 22.7 Å². The van der Waals surface area contributed by atoms with Crippen LogP contribution in [0.15, 0.2) is 54.6 Å². The van der Waals surface area contributed by atoms with E-state index in [0.29, 0.717) is 5.88 Å². The third-order valence-corrected chi connectivity index (χ3v) is 3.77. The number of ether oxygens (including phenoxy) is 1.